The molecule has 3 nitrogen and oxygen atoms in total. The van der Waals surface area contributed by atoms with Gasteiger partial charge in [0.1, 0.15) is 5.76 Å². The van der Waals surface area contributed by atoms with E-state index in [2.05, 4.69) is 5.16 Å². The third-order valence-electron chi connectivity index (χ3n) is 2.08. The lowest BCUT2D eigenvalue weighted by Crippen LogP contribution is -2.18. The van der Waals surface area contributed by atoms with Gasteiger partial charge in [-0.1, -0.05) is 5.16 Å². The second-order valence-electron chi connectivity index (χ2n) is 2.95. The third-order valence-corrected chi connectivity index (χ3v) is 2.08. The van der Waals surface area contributed by atoms with E-state index in [9.17, 15) is 0 Å². The quantitative estimate of drug-likeness (QED) is 0.628. The van der Waals surface area contributed by atoms with Crippen molar-refractivity contribution in [2.45, 2.75) is 25.3 Å². The van der Waals surface area contributed by atoms with Gasteiger partial charge in [-0.15, -0.1) is 0 Å². The molecule has 1 aromatic rings. The summed E-state index contributed by atoms with van der Waals surface area (Å²) >= 11 is 0. The first-order valence-corrected chi connectivity index (χ1v) is 3.43. The van der Waals surface area contributed by atoms with Crippen molar-refractivity contribution in [1.82, 2.24) is 5.16 Å². The minimum atomic E-state index is -0.0932. The molecule has 0 atom stereocenters. The fraction of sp³-hybridized carbons (Fsp3) is 0.571. The number of rotatable bonds is 1. The summed E-state index contributed by atoms with van der Waals surface area (Å²) in [5.41, 5.74) is 6.90. The lowest BCUT2D eigenvalue weighted by Gasteiger charge is -2.03. The predicted octanol–water partition coefficient (Wildman–Crippen LogP) is 0.931. The summed E-state index contributed by atoms with van der Waals surface area (Å²) in [4.78, 5) is 0. The van der Waals surface area contributed by atoms with Crippen molar-refractivity contribution in [3.8, 4) is 0 Å². The monoisotopic (exact) mass is 138 g/mol. The van der Waals surface area contributed by atoms with Gasteiger partial charge in [0.2, 0.25) is 0 Å². The van der Waals surface area contributed by atoms with E-state index in [0.717, 1.165) is 24.2 Å². The normalized spacial score (nSPS) is 21.0. The molecule has 0 aliphatic heterocycles. The maximum atomic E-state index is 5.91. The van der Waals surface area contributed by atoms with E-state index < -0.39 is 0 Å². The Hall–Kier alpha value is -0.830. The van der Waals surface area contributed by atoms with Gasteiger partial charge >= 0.3 is 0 Å². The number of hydrogen-bond donors (Lipinski definition) is 1. The van der Waals surface area contributed by atoms with Gasteiger partial charge in [-0.25, -0.2) is 0 Å². The Morgan fingerprint density at radius 3 is 2.80 bits per heavy atom. The minimum absolute atomic E-state index is 0.0932. The van der Waals surface area contributed by atoms with Crippen LogP contribution in [-0.2, 0) is 5.54 Å². The van der Waals surface area contributed by atoms with Crippen LogP contribution < -0.4 is 5.73 Å². The zero-order valence-electron chi connectivity index (χ0n) is 5.92. The molecule has 0 bridgehead atoms. The van der Waals surface area contributed by atoms with E-state index in [0.29, 0.717) is 0 Å². The zero-order valence-corrected chi connectivity index (χ0v) is 5.92. The van der Waals surface area contributed by atoms with E-state index in [-0.39, 0.29) is 5.54 Å². The maximum absolute atomic E-state index is 5.91. The van der Waals surface area contributed by atoms with Crippen molar-refractivity contribution in [1.29, 1.82) is 0 Å². The van der Waals surface area contributed by atoms with Crippen molar-refractivity contribution < 1.29 is 4.52 Å². The average Bonchev–Trinajstić information content (AvgIpc) is 2.44. The molecular weight excluding hydrogens is 128 g/mol. The van der Waals surface area contributed by atoms with E-state index >= 15 is 0 Å². The molecule has 0 radical (unpaired) electrons. The Labute approximate surface area is 59.2 Å². The molecule has 3 heteroatoms. The summed E-state index contributed by atoms with van der Waals surface area (Å²) < 4.78 is 4.90. The molecule has 54 valence electrons. The molecule has 1 aliphatic carbocycles. The van der Waals surface area contributed by atoms with Gasteiger partial charge in [0, 0.05) is 11.1 Å². The average molecular weight is 138 g/mol. The number of hydrogen-bond acceptors (Lipinski definition) is 3. The highest BCUT2D eigenvalue weighted by molar-refractivity contribution is 5.28. The molecule has 1 heterocycles. The second kappa shape index (κ2) is 1.61. The zero-order chi connectivity index (χ0) is 7.19. The fourth-order valence-corrected chi connectivity index (χ4v) is 1.18. The number of aromatic nitrogens is 1. The Morgan fingerprint density at radius 2 is 2.40 bits per heavy atom. The Balaban J connectivity index is 2.42. The van der Waals surface area contributed by atoms with Crippen LogP contribution in [0.5, 0.6) is 0 Å². The van der Waals surface area contributed by atoms with Gasteiger partial charge in [0.15, 0.2) is 0 Å². The Morgan fingerprint density at radius 1 is 1.70 bits per heavy atom. The molecule has 0 amide bonds. The molecule has 10 heavy (non-hydrogen) atoms. The van der Waals surface area contributed by atoms with Crippen LogP contribution in [0, 0.1) is 6.92 Å². The van der Waals surface area contributed by atoms with Gasteiger partial charge in [0.05, 0.1) is 6.20 Å². The Bertz CT molecular complexity index is 250. The van der Waals surface area contributed by atoms with E-state index in [1.165, 1.54) is 0 Å². The third kappa shape index (κ3) is 0.671. The van der Waals surface area contributed by atoms with Crippen LogP contribution in [0.25, 0.3) is 0 Å². The van der Waals surface area contributed by atoms with Crippen molar-refractivity contribution in [2.24, 2.45) is 5.73 Å². The number of aryl methyl sites for hydroxylation is 1. The number of nitrogens with zero attached hydrogens (tertiary/aromatic N) is 1. The van der Waals surface area contributed by atoms with Crippen LogP contribution in [0.3, 0.4) is 0 Å². The van der Waals surface area contributed by atoms with Crippen LogP contribution in [0.2, 0.25) is 0 Å². The molecule has 0 aromatic carbocycles. The van der Waals surface area contributed by atoms with Crippen LogP contribution in [0.15, 0.2) is 10.7 Å². The topological polar surface area (TPSA) is 52.0 Å². The Kier molecular flexibility index (Phi) is 0.951. The van der Waals surface area contributed by atoms with Crippen molar-refractivity contribution in [3.05, 3.63) is 17.5 Å². The van der Waals surface area contributed by atoms with Crippen LogP contribution in [0.4, 0.5) is 0 Å². The molecule has 1 aliphatic rings. The van der Waals surface area contributed by atoms with Crippen LogP contribution in [0.1, 0.15) is 24.2 Å². The SMILES string of the molecule is Cc1oncc1C1(N)CC1. The summed E-state index contributed by atoms with van der Waals surface area (Å²) in [6.07, 6.45) is 3.85. The van der Waals surface area contributed by atoms with Gasteiger partial charge in [-0.05, 0) is 19.8 Å². The van der Waals surface area contributed by atoms with Gasteiger partial charge in [-0.3, -0.25) is 0 Å². The lowest BCUT2D eigenvalue weighted by atomic mass is 10.1. The first kappa shape index (κ1) is 5.92. The molecule has 0 spiro atoms. The summed E-state index contributed by atoms with van der Waals surface area (Å²) in [5.74, 6) is 0.861. The predicted molar refractivity (Wildman–Crippen MR) is 36.3 cm³/mol. The molecule has 2 N–H and O–H groups in total. The second-order valence-corrected chi connectivity index (χ2v) is 2.95. The van der Waals surface area contributed by atoms with E-state index in [1.807, 2.05) is 6.92 Å². The first-order valence-electron chi connectivity index (χ1n) is 3.43. The minimum Gasteiger partial charge on any atom is -0.361 e. The van der Waals surface area contributed by atoms with Crippen molar-refractivity contribution in [2.75, 3.05) is 0 Å². The van der Waals surface area contributed by atoms with Gasteiger partial charge < -0.3 is 10.3 Å². The van der Waals surface area contributed by atoms with Crippen molar-refractivity contribution >= 4 is 0 Å². The summed E-state index contributed by atoms with van der Waals surface area (Å²) in [7, 11) is 0. The number of nitrogens with two attached hydrogens (primary N) is 1. The van der Waals surface area contributed by atoms with E-state index in [4.69, 9.17) is 10.3 Å². The highest BCUT2D eigenvalue weighted by Gasteiger charge is 2.42. The van der Waals surface area contributed by atoms with Gasteiger partial charge in [-0.2, -0.15) is 0 Å². The molecule has 1 aromatic heterocycles. The lowest BCUT2D eigenvalue weighted by molar-refractivity contribution is 0.394. The summed E-state index contributed by atoms with van der Waals surface area (Å²) in [5, 5.41) is 3.67. The molecule has 0 unspecified atom stereocenters. The highest BCUT2D eigenvalue weighted by Crippen LogP contribution is 2.43. The molecule has 1 saturated carbocycles. The highest BCUT2D eigenvalue weighted by atomic mass is 16.5. The molecule has 0 saturated heterocycles. The van der Waals surface area contributed by atoms with Crippen LogP contribution in [-0.4, -0.2) is 5.16 Å². The first-order chi connectivity index (χ1) is 4.72. The largest absolute Gasteiger partial charge is 0.361 e. The smallest absolute Gasteiger partial charge is 0.138 e. The fourth-order valence-electron chi connectivity index (χ4n) is 1.18. The molecular formula is C7H10N2O. The molecule has 2 rings (SSSR count). The van der Waals surface area contributed by atoms with Gasteiger partial charge in [0.25, 0.3) is 0 Å². The molecule has 1 fully saturated rings. The van der Waals surface area contributed by atoms with E-state index in [1.54, 1.807) is 6.20 Å². The van der Waals surface area contributed by atoms with Crippen molar-refractivity contribution in [3.63, 3.8) is 0 Å². The van der Waals surface area contributed by atoms with Crippen LogP contribution >= 0.6 is 0 Å². The maximum Gasteiger partial charge on any atom is 0.138 e. The standard InChI is InChI=1S/C7H10N2O/c1-5-6(4-9-10-5)7(8)2-3-7/h4H,2-3,8H2,1H3. The summed E-state index contributed by atoms with van der Waals surface area (Å²) in [6, 6.07) is 0. The summed E-state index contributed by atoms with van der Waals surface area (Å²) in [6.45, 7) is 1.90.